The van der Waals surface area contributed by atoms with Gasteiger partial charge >= 0.3 is 36.2 Å². The van der Waals surface area contributed by atoms with Crippen molar-refractivity contribution >= 4 is 53.8 Å². The second-order valence-corrected chi connectivity index (χ2v) is 17.0. The zero-order valence-electron chi connectivity index (χ0n) is 39.1. The SMILES string of the molecule is CC(C)(C)OC(=O)NC(CCCCNC(=O)c1cc(NC(=O)NCCOCCOCCNC(=O)OCc2ccccc2)cc(C(=O)NCCCCC(NC(=O)OC(C)(C)C)C(=O)O)c1)C(=O)O. The number of carboxylic acids is 2. The van der Waals surface area contributed by atoms with Crippen LogP contribution < -0.4 is 37.2 Å². The van der Waals surface area contributed by atoms with Gasteiger partial charge in [-0.15, -0.1) is 0 Å². The summed E-state index contributed by atoms with van der Waals surface area (Å²) in [6, 6.07) is 10.2. The number of carbonyl (C=O) groups excluding carboxylic acids is 6. The number of benzene rings is 2. The summed E-state index contributed by atoms with van der Waals surface area (Å²) in [7, 11) is 0. The molecule has 2 atom stereocenters. The molecule has 0 fully saturated rings. The fourth-order valence-electron chi connectivity index (χ4n) is 5.66. The Morgan fingerprint density at radius 3 is 1.46 bits per heavy atom. The quantitative estimate of drug-likeness (QED) is 0.0418. The molecule has 0 saturated heterocycles. The highest BCUT2D eigenvalue weighted by Gasteiger charge is 2.25. The number of nitrogens with one attached hydrogen (secondary N) is 7. The predicted molar refractivity (Wildman–Crippen MR) is 244 cm³/mol. The maximum Gasteiger partial charge on any atom is 0.408 e. The molecular formula is C45H67N7O15. The molecule has 0 heterocycles. The minimum atomic E-state index is -1.24. The molecular weight excluding hydrogens is 879 g/mol. The van der Waals surface area contributed by atoms with Gasteiger partial charge in [-0.1, -0.05) is 30.3 Å². The van der Waals surface area contributed by atoms with E-state index in [2.05, 4.69) is 37.2 Å². The van der Waals surface area contributed by atoms with Crippen molar-refractivity contribution in [3.8, 4) is 0 Å². The molecule has 9 N–H and O–H groups in total. The lowest BCUT2D eigenvalue weighted by Gasteiger charge is -2.22. The van der Waals surface area contributed by atoms with Gasteiger partial charge < -0.3 is 71.1 Å². The van der Waals surface area contributed by atoms with Gasteiger partial charge in [0, 0.05) is 43.0 Å². The molecule has 2 unspecified atom stereocenters. The van der Waals surface area contributed by atoms with Crippen molar-refractivity contribution in [2.75, 3.05) is 57.9 Å². The molecule has 2 rings (SSSR count). The Morgan fingerprint density at radius 2 is 1.01 bits per heavy atom. The molecule has 22 nitrogen and oxygen atoms in total. The number of amides is 7. The Hall–Kier alpha value is -6.68. The lowest BCUT2D eigenvalue weighted by molar-refractivity contribution is -0.140. The Labute approximate surface area is 390 Å². The van der Waals surface area contributed by atoms with Crippen molar-refractivity contribution in [3.05, 3.63) is 65.2 Å². The van der Waals surface area contributed by atoms with Crippen LogP contribution in [-0.2, 0) is 39.9 Å². The number of carboxylic acid groups (broad SMARTS) is 2. The van der Waals surface area contributed by atoms with E-state index in [0.29, 0.717) is 25.7 Å². The highest BCUT2D eigenvalue weighted by molar-refractivity contribution is 6.02. The van der Waals surface area contributed by atoms with Crippen LogP contribution in [-0.4, -0.2) is 134 Å². The zero-order valence-corrected chi connectivity index (χ0v) is 39.1. The van der Waals surface area contributed by atoms with E-state index in [0.717, 1.165) is 5.56 Å². The Balaban J connectivity index is 1.91. The van der Waals surface area contributed by atoms with Crippen LogP contribution in [0.1, 0.15) is 106 Å². The third-order valence-corrected chi connectivity index (χ3v) is 8.74. The number of rotatable bonds is 28. The molecule has 0 aromatic heterocycles. The van der Waals surface area contributed by atoms with Gasteiger partial charge in [-0.3, -0.25) is 9.59 Å². The number of carbonyl (C=O) groups is 8. The first-order valence-corrected chi connectivity index (χ1v) is 21.9. The highest BCUT2D eigenvalue weighted by Crippen LogP contribution is 2.17. The predicted octanol–water partition coefficient (Wildman–Crippen LogP) is 4.52. The summed E-state index contributed by atoms with van der Waals surface area (Å²) in [6.07, 6.45) is -0.870. The van der Waals surface area contributed by atoms with Gasteiger partial charge in [0.1, 0.15) is 29.9 Å². The molecule has 2 aromatic rings. The van der Waals surface area contributed by atoms with Crippen molar-refractivity contribution in [2.45, 2.75) is 110 Å². The van der Waals surface area contributed by atoms with E-state index in [-0.39, 0.29) is 88.9 Å². The standard InChI is InChI=1S/C45H67N7O15/c1-44(2,3)66-42(61)51-34(38(55)56)16-10-12-18-46-36(53)31-26-32(37(54)47-19-13-11-17-35(39(57)58)52-43(62)67-45(4,5)6)28-33(27-31)50-40(59)48-20-22-63-24-25-64-23-21-49-41(60)65-29-30-14-8-7-9-15-30/h7-9,14-15,26-28,34-35H,10-13,16-25,29H2,1-6H3,(H,46,53)(H,47,54)(H,49,60)(H,51,61)(H,52,62)(H,55,56)(H,57,58)(H2,48,50,59). The molecule has 7 amide bonds. The second-order valence-electron chi connectivity index (χ2n) is 17.0. The first-order valence-electron chi connectivity index (χ1n) is 21.9. The van der Waals surface area contributed by atoms with Gasteiger partial charge in [0.2, 0.25) is 0 Å². The molecule has 22 heteroatoms. The summed E-state index contributed by atoms with van der Waals surface area (Å²) in [5.74, 6) is -3.67. The van der Waals surface area contributed by atoms with Gasteiger partial charge in [-0.2, -0.15) is 0 Å². The molecule has 0 aliphatic heterocycles. The number of urea groups is 1. The van der Waals surface area contributed by atoms with Crippen LogP contribution in [0.25, 0.3) is 0 Å². The minimum absolute atomic E-state index is 0.0260. The molecule has 67 heavy (non-hydrogen) atoms. The van der Waals surface area contributed by atoms with Crippen LogP contribution in [0.3, 0.4) is 0 Å². The Morgan fingerprint density at radius 1 is 0.552 bits per heavy atom. The molecule has 372 valence electrons. The van der Waals surface area contributed by atoms with Gasteiger partial charge in [0.25, 0.3) is 11.8 Å². The number of aliphatic carboxylic acids is 2. The maximum atomic E-state index is 13.3. The first kappa shape index (κ1) is 56.4. The maximum absolute atomic E-state index is 13.3. The number of alkyl carbamates (subject to hydrolysis) is 3. The van der Waals surface area contributed by atoms with E-state index in [1.165, 1.54) is 18.2 Å². The van der Waals surface area contributed by atoms with E-state index in [4.69, 9.17) is 23.7 Å². The summed E-state index contributed by atoms with van der Waals surface area (Å²) >= 11 is 0. The minimum Gasteiger partial charge on any atom is -0.480 e. The number of anilines is 1. The normalized spacial score (nSPS) is 12.0. The van der Waals surface area contributed by atoms with Crippen molar-refractivity contribution in [2.24, 2.45) is 0 Å². The van der Waals surface area contributed by atoms with Gasteiger partial charge in [-0.05, 0) is 104 Å². The van der Waals surface area contributed by atoms with E-state index >= 15 is 0 Å². The van der Waals surface area contributed by atoms with Gasteiger partial charge in [-0.25, -0.2) is 28.8 Å². The Kier molecular flexibility index (Phi) is 25.1. The molecule has 0 saturated carbocycles. The molecule has 0 radical (unpaired) electrons. The number of hydrogen-bond donors (Lipinski definition) is 9. The molecule has 0 aliphatic rings. The molecule has 0 spiro atoms. The second kappa shape index (κ2) is 29.8. The molecule has 0 aliphatic carbocycles. The van der Waals surface area contributed by atoms with Crippen LogP contribution in [0.5, 0.6) is 0 Å². The van der Waals surface area contributed by atoms with E-state index in [1.54, 1.807) is 41.5 Å². The summed E-state index contributed by atoms with van der Waals surface area (Å²) in [5, 5.41) is 37.0. The van der Waals surface area contributed by atoms with Crippen molar-refractivity contribution in [3.63, 3.8) is 0 Å². The third kappa shape index (κ3) is 26.8. The van der Waals surface area contributed by atoms with E-state index in [1.807, 2.05) is 30.3 Å². The van der Waals surface area contributed by atoms with Gasteiger partial charge in [0.15, 0.2) is 0 Å². The van der Waals surface area contributed by atoms with E-state index in [9.17, 15) is 48.6 Å². The molecule has 2 aromatic carbocycles. The van der Waals surface area contributed by atoms with Crippen molar-refractivity contribution in [1.82, 2.24) is 31.9 Å². The van der Waals surface area contributed by atoms with Crippen molar-refractivity contribution < 1.29 is 72.3 Å². The highest BCUT2D eigenvalue weighted by atomic mass is 16.6. The lowest BCUT2D eigenvalue weighted by Crippen LogP contribution is -2.43. The number of ether oxygens (including phenoxy) is 5. The van der Waals surface area contributed by atoms with Gasteiger partial charge in [0.05, 0.1) is 26.4 Å². The summed E-state index contributed by atoms with van der Waals surface area (Å²) in [5.41, 5.74) is -0.609. The Bertz CT molecular complexity index is 1830. The van der Waals surface area contributed by atoms with Crippen LogP contribution >= 0.6 is 0 Å². The average Bonchev–Trinajstić information content (AvgIpc) is 3.23. The molecule has 0 bridgehead atoms. The van der Waals surface area contributed by atoms with Crippen LogP contribution in [0.15, 0.2) is 48.5 Å². The first-order chi connectivity index (χ1) is 31.6. The number of unbranched alkanes of at least 4 members (excludes halogenated alkanes) is 2. The summed E-state index contributed by atoms with van der Waals surface area (Å²) in [6.45, 7) is 11.4. The third-order valence-electron chi connectivity index (χ3n) is 8.74. The largest absolute Gasteiger partial charge is 0.480 e. The topological polar surface area (TPSA) is 307 Å². The monoisotopic (exact) mass is 945 g/mol. The lowest BCUT2D eigenvalue weighted by atomic mass is 10.1. The smallest absolute Gasteiger partial charge is 0.408 e. The summed E-state index contributed by atoms with van der Waals surface area (Å²) < 4.78 is 26.3. The van der Waals surface area contributed by atoms with E-state index < -0.39 is 71.3 Å². The van der Waals surface area contributed by atoms with Crippen molar-refractivity contribution in [1.29, 1.82) is 0 Å². The zero-order chi connectivity index (χ0) is 49.8. The van der Waals surface area contributed by atoms with Crippen LogP contribution in [0.2, 0.25) is 0 Å². The van der Waals surface area contributed by atoms with Crippen LogP contribution in [0, 0.1) is 0 Å². The average molecular weight is 946 g/mol. The van der Waals surface area contributed by atoms with Crippen LogP contribution in [0.4, 0.5) is 24.9 Å². The fourth-order valence-corrected chi connectivity index (χ4v) is 5.66. The number of hydrogen-bond acceptors (Lipinski definition) is 13. The fraction of sp³-hybridized carbons (Fsp3) is 0.556. The summed E-state index contributed by atoms with van der Waals surface area (Å²) in [4.78, 5) is 98.8.